The second kappa shape index (κ2) is 4.63. The summed E-state index contributed by atoms with van der Waals surface area (Å²) >= 11 is 0. The van der Waals surface area contributed by atoms with Gasteiger partial charge in [0.1, 0.15) is 6.17 Å². The van der Waals surface area contributed by atoms with Crippen molar-refractivity contribution in [3.05, 3.63) is 60.2 Å². The summed E-state index contributed by atoms with van der Waals surface area (Å²) in [7, 11) is 0. The molecule has 3 nitrogen and oxygen atoms in total. The van der Waals surface area contributed by atoms with Crippen LogP contribution in [0.15, 0.2) is 59.6 Å². The van der Waals surface area contributed by atoms with Gasteiger partial charge in [-0.05, 0) is 17.7 Å². The highest BCUT2D eigenvalue weighted by molar-refractivity contribution is 5.83. The Labute approximate surface area is 107 Å². The van der Waals surface area contributed by atoms with E-state index in [1.807, 2.05) is 36.4 Å². The lowest BCUT2D eigenvalue weighted by Gasteiger charge is -2.32. The third kappa shape index (κ3) is 2.00. The van der Waals surface area contributed by atoms with Gasteiger partial charge in [0, 0.05) is 12.8 Å². The van der Waals surface area contributed by atoms with Gasteiger partial charge >= 0.3 is 0 Å². The van der Waals surface area contributed by atoms with E-state index in [2.05, 4.69) is 28.1 Å². The molecule has 1 aliphatic heterocycles. The van der Waals surface area contributed by atoms with E-state index >= 15 is 0 Å². The van der Waals surface area contributed by atoms with E-state index in [0.29, 0.717) is 0 Å². The summed E-state index contributed by atoms with van der Waals surface area (Å²) in [6.45, 7) is 0.797. The summed E-state index contributed by atoms with van der Waals surface area (Å²) < 4.78 is 0. The summed E-state index contributed by atoms with van der Waals surface area (Å²) in [5.74, 6) is 0. The van der Waals surface area contributed by atoms with Gasteiger partial charge in [-0.3, -0.25) is 4.99 Å². The van der Waals surface area contributed by atoms with Crippen LogP contribution in [0.4, 0.5) is 11.4 Å². The van der Waals surface area contributed by atoms with Crippen molar-refractivity contribution < 1.29 is 0 Å². The maximum absolute atomic E-state index is 6.12. The first-order valence-electron chi connectivity index (χ1n) is 6.04. The Morgan fingerprint density at radius 1 is 1.00 bits per heavy atom. The van der Waals surface area contributed by atoms with Crippen molar-refractivity contribution in [2.75, 3.05) is 4.90 Å². The van der Waals surface area contributed by atoms with Crippen LogP contribution in [0, 0.1) is 0 Å². The molecule has 18 heavy (non-hydrogen) atoms. The molecular weight excluding hydrogens is 222 g/mol. The van der Waals surface area contributed by atoms with E-state index in [1.165, 1.54) is 5.56 Å². The molecule has 0 radical (unpaired) electrons. The minimum Gasteiger partial charge on any atom is -0.345 e. The Morgan fingerprint density at radius 3 is 2.56 bits per heavy atom. The van der Waals surface area contributed by atoms with Crippen molar-refractivity contribution in [2.24, 2.45) is 10.7 Å². The number of aliphatic imine (C=N–C) groups is 1. The molecule has 0 saturated heterocycles. The Bertz CT molecular complexity index is 563. The van der Waals surface area contributed by atoms with Gasteiger partial charge in [-0.1, -0.05) is 42.5 Å². The highest BCUT2D eigenvalue weighted by Gasteiger charge is 2.20. The van der Waals surface area contributed by atoms with Crippen LogP contribution >= 0.6 is 0 Å². The third-order valence-corrected chi connectivity index (χ3v) is 3.11. The van der Waals surface area contributed by atoms with Gasteiger partial charge in [-0.2, -0.15) is 0 Å². The Balaban J connectivity index is 1.94. The molecule has 0 aromatic heterocycles. The molecule has 0 amide bonds. The van der Waals surface area contributed by atoms with Gasteiger partial charge in [0.2, 0.25) is 0 Å². The number of fused-ring (bicyclic) bond motifs is 1. The highest BCUT2D eigenvalue weighted by atomic mass is 15.2. The average Bonchev–Trinajstić information content (AvgIpc) is 2.43. The van der Waals surface area contributed by atoms with Crippen molar-refractivity contribution >= 4 is 17.6 Å². The molecule has 2 N–H and O–H groups in total. The van der Waals surface area contributed by atoms with E-state index < -0.39 is 0 Å². The number of nitrogens with zero attached hydrogens (tertiary/aromatic N) is 2. The van der Waals surface area contributed by atoms with E-state index in [4.69, 9.17) is 5.73 Å². The smallest absolute Gasteiger partial charge is 0.114 e. The molecule has 0 saturated carbocycles. The van der Waals surface area contributed by atoms with E-state index in [-0.39, 0.29) is 6.17 Å². The molecule has 90 valence electrons. The number of benzene rings is 2. The van der Waals surface area contributed by atoms with Crippen molar-refractivity contribution in [3.8, 4) is 0 Å². The first kappa shape index (κ1) is 11.0. The predicted molar refractivity (Wildman–Crippen MR) is 75.2 cm³/mol. The van der Waals surface area contributed by atoms with Gasteiger partial charge in [-0.25, -0.2) is 0 Å². The normalized spacial score (nSPS) is 17.6. The fourth-order valence-electron chi connectivity index (χ4n) is 2.18. The lowest BCUT2D eigenvalue weighted by atomic mass is 10.1. The maximum Gasteiger partial charge on any atom is 0.114 e. The molecule has 2 aromatic carbocycles. The van der Waals surface area contributed by atoms with Gasteiger partial charge < -0.3 is 10.6 Å². The van der Waals surface area contributed by atoms with Crippen molar-refractivity contribution in [3.63, 3.8) is 0 Å². The van der Waals surface area contributed by atoms with Crippen LogP contribution in [-0.2, 0) is 6.54 Å². The Kier molecular flexibility index (Phi) is 2.82. The van der Waals surface area contributed by atoms with Crippen LogP contribution in [0.2, 0.25) is 0 Å². The van der Waals surface area contributed by atoms with Crippen molar-refractivity contribution in [1.82, 2.24) is 0 Å². The lowest BCUT2D eigenvalue weighted by Crippen LogP contribution is -2.44. The number of para-hydroxylation sites is 2. The summed E-state index contributed by atoms with van der Waals surface area (Å²) in [5.41, 5.74) is 9.44. The average molecular weight is 237 g/mol. The number of rotatable bonds is 2. The zero-order valence-corrected chi connectivity index (χ0v) is 10.0. The van der Waals surface area contributed by atoms with Crippen molar-refractivity contribution in [1.29, 1.82) is 0 Å². The standard InChI is InChI=1S/C15H15N3/c16-15-10-17-13-8-4-5-9-14(13)18(15)11-12-6-2-1-3-7-12/h1-10,15H,11,16H2. The van der Waals surface area contributed by atoms with Gasteiger partial charge in [0.25, 0.3) is 0 Å². The minimum atomic E-state index is -0.167. The lowest BCUT2D eigenvalue weighted by molar-refractivity contribution is 0.738. The Hall–Kier alpha value is -2.13. The summed E-state index contributed by atoms with van der Waals surface area (Å²) in [5, 5.41) is 0. The fourth-order valence-corrected chi connectivity index (χ4v) is 2.18. The maximum atomic E-state index is 6.12. The van der Waals surface area contributed by atoms with Gasteiger partial charge in [0.05, 0.1) is 11.4 Å². The molecule has 3 rings (SSSR count). The quantitative estimate of drug-likeness (QED) is 0.872. The molecule has 1 atom stereocenters. The van der Waals surface area contributed by atoms with Gasteiger partial charge in [-0.15, -0.1) is 0 Å². The predicted octanol–water partition coefficient (Wildman–Crippen LogP) is 2.69. The SMILES string of the molecule is NC1C=Nc2ccccc2N1Cc1ccccc1. The molecule has 1 unspecified atom stereocenters. The van der Waals surface area contributed by atoms with Crippen LogP contribution in [0.3, 0.4) is 0 Å². The van der Waals surface area contributed by atoms with E-state index in [1.54, 1.807) is 6.21 Å². The number of anilines is 1. The first-order valence-corrected chi connectivity index (χ1v) is 6.04. The van der Waals surface area contributed by atoms with Crippen LogP contribution < -0.4 is 10.6 Å². The molecule has 0 spiro atoms. The van der Waals surface area contributed by atoms with Crippen LogP contribution in [0.1, 0.15) is 5.56 Å². The molecule has 2 aromatic rings. The molecule has 0 aliphatic carbocycles. The molecule has 1 heterocycles. The largest absolute Gasteiger partial charge is 0.345 e. The summed E-state index contributed by atoms with van der Waals surface area (Å²) in [4.78, 5) is 6.54. The van der Waals surface area contributed by atoms with Crippen LogP contribution in [0.25, 0.3) is 0 Å². The van der Waals surface area contributed by atoms with Crippen LogP contribution in [-0.4, -0.2) is 12.4 Å². The number of hydrogen-bond acceptors (Lipinski definition) is 3. The summed E-state index contributed by atoms with van der Waals surface area (Å²) in [6, 6.07) is 18.4. The van der Waals surface area contributed by atoms with Gasteiger partial charge in [0.15, 0.2) is 0 Å². The topological polar surface area (TPSA) is 41.6 Å². The number of hydrogen-bond donors (Lipinski definition) is 1. The fraction of sp³-hybridized carbons (Fsp3) is 0.133. The van der Waals surface area contributed by atoms with Crippen molar-refractivity contribution in [2.45, 2.75) is 12.7 Å². The zero-order chi connectivity index (χ0) is 12.4. The second-order valence-corrected chi connectivity index (χ2v) is 4.37. The molecular formula is C15H15N3. The molecule has 3 heteroatoms. The Morgan fingerprint density at radius 2 is 1.72 bits per heavy atom. The minimum absolute atomic E-state index is 0.167. The molecule has 1 aliphatic rings. The highest BCUT2D eigenvalue weighted by Crippen LogP contribution is 2.32. The number of nitrogens with two attached hydrogens (primary N) is 1. The van der Waals surface area contributed by atoms with E-state index in [9.17, 15) is 0 Å². The molecule has 0 fully saturated rings. The zero-order valence-electron chi connectivity index (χ0n) is 10.0. The monoisotopic (exact) mass is 237 g/mol. The summed E-state index contributed by atoms with van der Waals surface area (Å²) in [6.07, 6.45) is 1.63. The molecule has 0 bridgehead atoms. The third-order valence-electron chi connectivity index (χ3n) is 3.11. The second-order valence-electron chi connectivity index (χ2n) is 4.37. The first-order chi connectivity index (χ1) is 8.84. The van der Waals surface area contributed by atoms with Crippen LogP contribution in [0.5, 0.6) is 0 Å². The van der Waals surface area contributed by atoms with E-state index in [0.717, 1.165) is 17.9 Å².